The largest absolute Gasteiger partial charge is 0.431 e. The molecular formula is C24H28F3N5O3. The number of aromatic nitrogens is 1. The minimum Gasteiger partial charge on any atom is -0.350 e. The summed E-state index contributed by atoms with van der Waals surface area (Å²) in [7, 11) is 0. The molecule has 4 aliphatic rings. The fourth-order valence-electron chi connectivity index (χ4n) is 6.20. The van der Waals surface area contributed by atoms with Gasteiger partial charge in [-0.05, 0) is 62.5 Å². The van der Waals surface area contributed by atoms with Gasteiger partial charge in [-0.2, -0.15) is 18.4 Å². The molecule has 2 saturated heterocycles. The first-order valence-electron chi connectivity index (χ1n) is 12.2. The van der Waals surface area contributed by atoms with Gasteiger partial charge in [-0.15, -0.1) is 0 Å². The van der Waals surface area contributed by atoms with E-state index in [1.165, 1.54) is 4.90 Å². The van der Waals surface area contributed by atoms with E-state index >= 15 is 0 Å². The molecule has 5 rings (SSSR count). The van der Waals surface area contributed by atoms with Gasteiger partial charge in [0.25, 0.3) is 5.91 Å². The second kappa shape index (κ2) is 8.57. The van der Waals surface area contributed by atoms with Crippen molar-refractivity contribution in [2.45, 2.75) is 75.2 Å². The molecule has 0 unspecified atom stereocenters. The van der Waals surface area contributed by atoms with Crippen molar-refractivity contribution in [2.75, 3.05) is 6.54 Å². The van der Waals surface area contributed by atoms with E-state index in [9.17, 15) is 32.8 Å². The molecule has 188 valence electrons. The summed E-state index contributed by atoms with van der Waals surface area (Å²) < 4.78 is 39.1. The van der Waals surface area contributed by atoms with Crippen LogP contribution >= 0.6 is 0 Å². The van der Waals surface area contributed by atoms with Crippen LogP contribution in [0.1, 0.15) is 67.5 Å². The monoisotopic (exact) mass is 491 g/mol. The Morgan fingerprint density at radius 2 is 2.00 bits per heavy atom. The van der Waals surface area contributed by atoms with Crippen molar-refractivity contribution in [3.8, 4) is 6.07 Å². The first-order chi connectivity index (χ1) is 16.6. The Morgan fingerprint density at radius 3 is 2.63 bits per heavy atom. The van der Waals surface area contributed by atoms with E-state index in [2.05, 4.69) is 21.7 Å². The lowest BCUT2D eigenvalue weighted by Gasteiger charge is -2.30. The molecular weight excluding hydrogens is 463 g/mol. The number of carbonyl (C=O) groups excluding carboxylic acids is 3. The van der Waals surface area contributed by atoms with Gasteiger partial charge in [-0.1, -0.05) is 12.8 Å². The minimum atomic E-state index is -4.61. The zero-order valence-electron chi connectivity index (χ0n) is 19.2. The average Bonchev–Trinajstić information content (AvgIpc) is 3.18. The van der Waals surface area contributed by atoms with Gasteiger partial charge in [-0.3, -0.25) is 14.4 Å². The molecule has 3 N–H and O–H groups in total. The second-order valence-corrected chi connectivity index (χ2v) is 10.5. The molecule has 0 bridgehead atoms. The molecule has 11 heteroatoms. The van der Waals surface area contributed by atoms with Crippen LogP contribution in [-0.4, -0.2) is 51.8 Å². The summed E-state index contributed by atoms with van der Waals surface area (Å²) in [5.74, 6) is -1.64. The van der Waals surface area contributed by atoms with Crippen molar-refractivity contribution < 1.29 is 27.6 Å². The minimum absolute atomic E-state index is 0.0800. The maximum Gasteiger partial charge on any atom is 0.431 e. The highest BCUT2D eigenvalue weighted by atomic mass is 19.4. The number of hydrogen-bond donors (Lipinski definition) is 3. The van der Waals surface area contributed by atoms with Crippen LogP contribution in [0, 0.1) is 29.1 Å². The first kappa shape index (κ1) is 23.7. The van der Waals surface area contributed by atoms with Crippen molar-refractivity contribution >= 4 is 17.7 Å². The van der Waals surface area contributed by atoms with E-state index in [0.29, 0.717) is 6.42 Å². The Kier molecular flexibility index (Phi) is 5.80. The van der Waals surface area contributed by atoms with Gasteiger partial charge in [0.2, 0.25) is 11.8 Å². The molecule has 1 aromatic heterocycles. The topological polar surface area (TPSA) is 118 Å². The maximum absolute atomic E-state index is 13.4. The van der Waals surface area contributed by atoms with Crippen molar-refractivity contribution in [3.05, 3.63) is 23.5 Å². The summed E-state index contributed by atoms with van der Waals surface area (Å²) >= 11 is 0. The lowest BCUT2D eigenvalue weighted by atomic mass is 9.78. The lowest BCUT2D eigenvalue weighted by molar-refractivity contribution is -0.140. The highest BCUT2D eigenvalue weighted by Crippen LogP contribution is 2.46. The molecule has 0 radical (unpaired) electrons. The predicted molar refractivity (Wildman–Crippen MR) is 116 cm³/mol. The molecule has 5 atom stereocenters. The lowest BCUT2D eigenvalue weighted by Crippen LogP contribution is -2.51. The number of fused-ring (bicyclic) bond motifs is 1. The predicted octanol–water partition coefficient (Wildman–Crippen LogP) is 2.73. The summed E-state index contributed by atoms with van der Waals surface area (Å²) in [6, 6.07) is 2.22. The van der Waals surface area contributed by atoms with Crippen LogP contribution in [0.15, 0.2) is 12.1 Å². The third-order valence-electron chi connectivity index (χ3n) is 8.13. The van der Waals surface area contributed by atoms with E-state index in [0.717, 1.165) is 50.7 Å². The summed E-state index contributed by atoms with van der Waals surface area (Å²) in [6.07, 6.45) is 1.52. The van der Waals surface area contributed by atoms with Crippen molar-refractivity contribution in [3.63, 3.8) is 0 Å². The van der Waals surface area contributed by atoms with Crippen LogP contribution in [0.2, 0.25) is 0 Å². The summed E-state index contributed by atoms with van der Waals surface area (Å²) in [6.45, 7) is 0.284. The molecule has 1 spiro atoms. The van der Waals surface area contributed by atoms with Crippen molar-refractivity contribution in [2.24, 2.45) is 17.8 Å². The number of likely N-dealkylation sites (tertiary alicyclic amines) is 1. The van der Waals surface area contributed by atoms with Crippen LogP contribution in [0.4, 0.5) is 13.2 Å². The number of hydrogen-bond acceptors (Lipinski definition) is 4. The molecule has 2 aliphatic carbocycles. The molecule has 35 heavy (non-hydrogen) atoms. The fourth-order valence-corrected chi connectivity index (χ4v) is 6.20. The third kappa shape index (κ3) is 4.50. The van der Waals surface area contributed by atoms with Gasteiger partial charge >= 0.3 is 6.18 Å². The van der Waals surface area contributed by atoms with E-state index < -0.39 is 35.8 Å². The fraction of sp³-hybridized carbons (Fsp3) is 0.667. The Hall–Kier alpha value is -3.03. The molecule has 4 fully saturated rings. The number of rotatable bonds is 5. The van der Waals surface area contributed by atoms with Crippen LogP contribution in [0.5, 0.6) is 0 Å². The zero-order chi connectivity index (χ0) is 25.0. The number of alkyl halides is 3. The molecule has 0 aromatic carbocycles. The summed E-state index contributed by atoms with van der Waals surface area (Å²) in [5.41, 5.74) is -1.38. The number of nitrogens with zero attached hydrogens (tertiary/aromatic N) is 2. The number of amides is 3. The quantitative estimate of drug-likeness (QED) is 0.587. The number of nitriles is 1. The number of aromatic amines is 1. The van der Waals surface area contributed by atoms with Gasteiger partial charge in [0.15, 0.2) is 0 Å². The standard InChI is InChI=1S/C24H28F3N5O3/c25-24(26,27)18-6-5-17(30-18)22(35)32-12-13-3-1-2-4-16(13)19(32)21(34)29-15(11-28)9-14-10-23(7-8-23)31-20(14)33/h5-6,13-16,19,30H,1-4,7-10,12H2,(H,29,34)(H,31,33)/t13-,14+,15-,16-,19-/m0/s1. The SMILES string of the molecule is N#C[C@H](C[C@@H]1CC2(CC2)NC1=O)NC(=O)[C@@H]1[C@H]2CCCC[C@H]2CN1C(=O)c1ccc(C(F)(F)F)[nH]1. The van der Waals surface area contributed by atoms with E-state index in [4.69, 9.17) is 0 Å². The normalized spacial score (nSPS) is 29.9. The molecule has 2 aliphatic heterocycles. The molecule has 2 saturated carbocycles. The van der Waals surface area contributed by atoms with Crippen molar-refractivity contribution in [1.29, 1.82) is 5.26 Å². The van der Waals surface area contributed by atoms with Gasteiger partial charge in [0.1, 0.15) is 23.5 Å². The van der Waals surface area contributed by atoms with Crippen LogP contribution in [0.25, 0.3) is 0 Å². The van der Waals surface area contributed by atoms with E-state index in [-0.39, 0.29) is 47.9 Å². The van der Waals surface area contributed by atoms with Gasteiger partial charge < -0.3 is 20.5 Å². The molecule has 1 aromatic rings. The summed E-state index contributed by atoms with van der Waals surface area (Å²) in [5, 5.41) is 15.4. The number of halogens is 3. The zero-order valence-corrected chi connectivity index (χ0v) is 19.2. The maximum atomic E-state index is 13.4. The van der Waals surface area contributed by atoms with E-state index in [1.807, 2.05) is 0 Å². The number of nitrogens with one attached hydrogen (secondary N) is 3. The molecule has 8 nitrogen and oxygen atoms in total. The average molecular weight is 492 g/mol. The number of H-pyrrole nitrogens is 1. The van der Waals surface area contributed by atoms with Gasteiger partial charge in [0.05, 0.1) is 6.07 Å². The third-order valence-corrected chi connectivity index (χ3v) is 8.13. The Bertz CT molecular complexity index is 1070. The van der Waals surface area contributed by atoms with Gasteiger partial charge in [-0.25, -0.2) is 0 Å². The van der Waals surface area contributed by atoms with Crippen molar-refractivity contribution in [1.82, 2.24) is 20.5 Å². The molecule has 3 heterocycles. The van der Waals surface area contributed by atoms with E-state index in [1.54, 1.807) is 0 Å². The Labute approximate surface area is 200 Å². The van der Waals surface area contributed by atoms with Crippen LogP contribution in [-0.2, 0) is 15.8 Å². The second-order valence-electron chi connectivity index (χ2n) is 10.5. The van der Waals surface area contributed by atoms with Crippen LogP contribution in [0.3, 0.4) is 0 Å². The smallest absolute Gasteiger partial charge is 0.350 e. The molecule has 3 amide bonds. The summed E-state index contributed by atoms with van der Waals surface area (Å²) in [4.78, 5) is 42.5. The number of carbonyl (C=O) groups is 3. The highest BCUT2D eigenvalue weighted by molar-refractivity contribution is 5.97. The Morgan fingerprint density at radius 1 is 1.26 bits per heavy atom. The Balaban J connectivity index is 1.32. The van der Waals surface area contributed by atoms with Gasteiger partial charge in [0, 0.05) is 18.0 Å². The highest BCUT2D eigenvalue weighted by Gasteiger charge is 2.53. The first-order valence-corrected chi connectivity index (χ1v) is 12.2. The van der Waals surface area contributed by atoms with Crippen LogP contribution < -0.4 is 10.6 Å².